The molecule has 2 aromatic carbocycles. The smallest absolute Gasteiger partial charge is 0.417 e. The number of halogens is 1. The fourth-order valence-corrected chi connectivity index (χ4v) is 3.05. The van der Waals surface area contributed by atoms with Crippen LogP contribution < -0.4 is 0 Å². The standard InChI is InChI=1S/C18H16FNO3/c1-13(21)20-17(22)23-12-18(20,11-14-5-3-2-4-6-14)15-7-9-16(19)10-8-15/h2-10H,11-12H2,1H3/t18-/m1/s1. The topological polar surface area (TPSA) is 46.6 Å². The SMILES string of the molecule is CC(=O)N1C(=O)OC[C@]1(Cc1ccccc1)c1ccc(F)cc1. The Hall–Kier alpha value is -2.69. The molecule has 1 saturated heterocycles. The average molecular weight is 313 g/mol. The van der Waals surface area contributed by atoms with Crippen LogP contribution >= 0.6 is 0 Å². The lowest BCUT2D eigenvalue weighted by Crippen LogP contribution is -2.48. The van der Waals surface area contributed by atoms with Crippen LogP contribution in [0.5, 0.6) is 0 Å². The van der Waals surface area contributed by atoms with E-state index >= 15 is 0 Å². The van der Waals surface area contributed by atoms with Crippen LogP contribution in [0.15, 0.2) is 54.6 Å². The van der Waals surface area contributed by atoms with Gasteiger partial charge in [-0.05, 0) is 23.3 Å². The van der Waals surface area contributed by atoms with E-state index < -0.39 is 17.5 Å². The van der Waals surface area contributed by atoms with Gasteiger partial charge in [0.2, 0.25) is 5.91 Å². The molecule has 0 aliphatic carbocycles. The monoisotopic (exact) mass is 313 g/mol. The Bertz CT molecular complexity index is 730. The molecule has 2 amide bonds. The van der Waals surface area contributed by atoms with Crippen molar-refractivity contribution in [1.29, 1.82) is 0 Å². The summed E-state index contributed by atoms with van der Waals surface area (Å²) in [5.41, 5.74) is 0.669. The Labute approximate surface area is 133 Å². The molecule has 1 aliphatic rings. The summed E-state index contributed by atoms with van der Waals surface area (Å²) in [7, 11) is 0. The van der Waals surface area contributed by atoms with Gasteiger partial charge in [-0.1, -0.05) is 42.5 Å². The minimum Gasteiger partial charge on any atom is -0.446 e. The number of rotatable bonds is 3. The summed E-state index contributed by atoms with van der Waals surface area (Å²) in [6, 6.07) is 15.4. The van der Waals surface area contributed by atoms with Crippen molar-refractivity contribution in [2.75, 3.05) is 6.61 Å². The molecule has 0 aromatic heterocycles. The molecule has 0 radical (unpaired) electrons. The molecule has 4 nitrogen and oxygen atoms in total. The molecule has 2 aromatic rings. The number of hydrogen-bond donors (Lipinski definition) is 0. The van der Waals surface area contributed by atoms with Gasteiger partial charge in [-0.25, -0.2) is 14.1 Å². The first-order valence-corrected chi connectivity index (χ1v) is 7.30. The summed E-state index contributed by atoms with van der Waals surface area (Å²) in [5, 5.41) is 0. The summed E-state index contributed by atoms with van der Waals surface area (Å²) in [6.45, 7) is 1.38. The molecule has 0 saturated carbocycles. The lowest BCUT2D eigenvalue weighted by atomic mass is 9.83. The summed E-state index contributed by atoms with van der Waals surface area (Å²) in [6.07, 6.45) is -0.261. The molecule has 1 atom stereocenters. The first kappa shape index (κ1) is 15.2. The summed E-state index contributed by atoms with van der Waals surface area (Å²) in [4.78, 5) is 25.3. The van der Waals surface area contributed by atoms with Gasteiger partial charge in [0.05, 0.1) is 0 Å². The third-order valence-electron chi connectivity index (χ3n) is 4.08. The largest absolute Gasteiger partial charge is 0.446 e. The first-order valence-electron chi connectivity index (χ1n) is 7.30. The van der Waals surface area contributed by atoms with E-state index in [0.29, 0.717) is 12.0 Å². The van der Waals surface area contributed by atoms with Crippen LogP contribution in [0, 0.1) is 5.82 Å². The Kier molecular flexibility index (Phi) is 3.86. The fourth-order valence-electron chi connectivity index (χ4n) is 3.05. The van der Waals surface area contributed by atoms with E-state index in [4.69, 9.17) is 4.74 Å². The maximum absolute atomic E-state index is 13.3. The van der Waals surface area contributed by atoms with Crippen molar-refractivity contribution in [3.05, 3.63) is 71.5 Å². The van der Waals surface area contributed by atoms with Gasteiger partial charge in [-0.15, -0.1) is 0 Å². The Morgan fingerprint density at radius 1 is 1.17 bits per heavy atom. The van der Waals surface area contributed by atoms with Crippen LogP contribution in [0.3, 0.4) is 0 Å². The Morgan fingerprint density at radius 2 is 1.83 bits per heavy atom. The van der Waals surface area contributed by atoms with Crippen LogP contribution in [-0.2, 0) is 21.5 Å². The highest BCUT2D eigenvalue weighted by Gasteiger charge is 2.51. The second-order valence-electron chi connectivity index (χ2n) is 5.61. The van der Waals surface area contributed by atoms with E-state index in [-0.39, 0.29) is 12.4 Å². The molecule has 1 heterocycles. The van der Waals surface area contributed by atoms with Gasteiger partial charge in [0.25, 0.3) is 0 Å². The molecule has 1 fully saturated rings. The van der Waals surface area contributed by atoms with Crippen molar-refractivity contribution in [2.45, 2.75) is 18.9 Å². The predicted molar refractivity (Wildman–Crippen MR) is 82.1 cm³/mol. The van der Waals surface area contributed by atoms with Gasteiger partial charge >= 0.3 is 6.09 Å². The summed E-state index contributed by atoms with van der Waals surface area (Å²) >= 11 is 0. The van der Waals surface area contributed by atoms with Gasteiger partial charge < -0.3 is 4.74 Å². The molecule has 0 bridgehead atoms. The third kappa shape index (κ3) is 2.70. The van der Waals surface area contributed by atoms with E-state index in [9.17, 15) is 14.0 Å². The number of benzene rings is 2. The number of hydrogen-bond acceptors (Lipinski definition) is 3. The molecular weight excluding hydrogens is 297 g/mol. The van der Waals surface area contributed by atoms with E-state index in [1.165, 1.54) is 19.1 Å². The van der Waals surface area contributed by atoms with Crippen molar-refractivity contribution >= 4 is 12.0 Å². The molecule has 23 heavy (non-hydrogen) atoms. The second kappa shape index (κ2) is 5.83. The minimum atomic E-state index is -0.960. The van der Waals surface area contributed by atoms with Crippen LogP contribution in [0.2, 0.25) is 0 Å². The zero-order valence-corrected chi connectivity index (χ0v) is 12.7. The highest BCUT2D eigenvalue weighted by Crippen LogP contribution is 2.38. The highest BCUT2D eigenvalue weighted by atomic mass is 19.1. The number of amides is 2. The summed E-state index contributed by atoms with van der Waals surface area (Å²) in [5.74, 6) is -0.768. The molecule has 0 N–H and O–H groups in total. The number of cyclic esters (lactones) is 1. The van der Waals surface area contributed by atoms with E-state index in [2.05, 4.69) is 0 Å². The molecule has 0 unspecified atom stereocenters. The number of carbonyl (C=O) groups excluding carboxylic acids is 2. The van der Waals surface area contributed by atoms with E-state index in [1.54, 1.807) is 12.1 Å². The van der Waals surface area contributed by atoms with Crippen molar-refractivity contribution in [3.8, 4) is 0 Å². The number of carbonyl (C=O) groups is 2. The molecule has 118 valence electrons. The molecular formula is C18H16FNO3. The van der Waals surface area contributed by atoms with Gasteiger partial charge in [0, 0.05) is 13.3 Å². The second-order valence-corrected chi connectivity index (χ2v) is 5.61. The number of ether oxygens (including phenoxy) is 1. The van der Waals surface area contributed by atoms with Crippen molar-refractivity contribution in [3.63, 3.8) is 0 Å². The predicted octanol–water partition coefficient (Wildman–Crippen LogP) is 3.26. The maximum Gasteiger partial charge on any atom is 0.417 e. The molecule has 3 rings (SSSR count). The van der Waals surface area contributed by atoms with Crippen LogP contribution in [0.1, 0.15) is 18.1 Å². The van der Waals surface area contributed by atoms with Crippen molar-refractivity contribution in [2.24, 2.45) is 0 Å². The maximum atomic E-state index is 13.3. The van der Waals surface area contributed by atoms with Crippen LogP contribution in [0.25, 0.3) is 0 Å². The number of imide groups is 1. The van der Waals surface area contributed by atoms with E-state index in [0.717, 1.165) is 10.5 Å². The quantitative estimate of drug-likeness (QED) is 0.874. The normalized spacial score (nSPS) is 20.4. The van der Waals surface area contributed by atoms with Crippen molar-refractivity contribution in [1.82, 2.24) is 4.90 Å². The lowest BCUT2D eigenvalue weighted by Gasteiger charge is -2.34. The molecule has 5 heteroatoms. The van der Waals surface area contributed by atoms with Crippen molar-refractivity contribution < 1.29 is 18.7 Å². The van der Waals surface area contributed by atoms with E-state index in [1.807, 2.05) is 30.3 Å². The van der Waals surface area contributed by atoms with Gasteiger partial charge in [-0.3, -0.25) is 4.79 Å². The minimum absolute atomic E-state index is 0.0476. The highest BCUT2D eigenvalue weighted by molar-refractivity contribution is 5.93. The zero-order chi connectivity index (χ0) is 16.4. The Morgan fingerprint density at radius 3 is 2.43 bits per heavy atom. The Balaban J connectivity index is 2.11. The average Bonchev–Trinajstić information content (AvgIpc) is 2.86. The van der Waals surface area contributed by atoms with Crippen LogP contribution in [-0.4, -0.2) is 23.5 Å². The molecule has 0 spiro atoms. The van der Waals surface area contributed by atoms with Gasteiger partial charge in [0.15, 0.2) is 0 Å². The van der Waals surface area contributed by atoms with Gasteiger partial charge in [0.1, 0.15) is 18.0 Å². The lowest BCUT2D eigenvalue weighted by molar-refractivity contribution is -0.129. The van der Waals surface area contributed by atoms with Crippen LogP contribution in [0.4, 0.5) is 9.18 Å². The molecule has 1 aliphatic heterocycles. The van der Waals surface area contributed by atoms with Gasteiger partial charge in [-0.2, -0.15) is 0 Å². The third-order valence-corrected chi connectivity index (χ3v) is 4.08. The number of nitrogens with zero attached hydrogens (tertiary/aromatic N) is 1. The zero-order valence-electron chi connectivity index (χ0n) is 12.7. The first-order chi connectivity index (χ1) is 11.0. The fraction of sp³-hybridized carbons (Fsp3) is 0.222. The summed E-state index contributed by atoms with van der Waals surface area (Å²) < 4.78 is 18.5.